The average molecular weight is 341 g/mol. The third-order valence-corrected chi connectivity index (χ3v) is 7.97. The molecule has 3 saturated carbocycles. The highest BCUT2D eigenvalue weighted by Gasteiger charge is 2.43. The Kier molecular flexibility index (Phi) is 5.16. The molecule has 0 aliphatic heterocycles. The molecule has 3 fully saturated rings. The Hall–Kier alpha value is 0.480. The van der Waals surface area contributed by atoms with Crippen LogP contribution in [0.4, 0.5) is 0 Å². The van der Waals surface area contributed by atoms with Crippen molar-refractivity contribution in [3.8, 4) is 0 Å². The minimum absolute atomic E-state index is 0.813. The number of rotatable bonds is 3. The van der Waals surface area contributed by atoms with Gasteiger partial charge < -0.3 is 0 Å². The fourth-order valence-corrected chi connectivity index (χ4v) is 6.23. The first-order valence-corrected chi connectivity index (χ1v) is 10.2. The monoisotopic (exact) mass is 340 g/mol. The van der Waals surface area contributed by atoms with E-state index in [0.29, 0.717) is 0 Å². The summed E-state index contributed by atoms with van der Waals surface area (Å²) in [7, 11) is 0. The van der Waals surface area contributed by atoms with Crippen LogP contribution in [0.3, 0.4) is 0 Å². The molecule has 0 saturated heterocycles. The van der Waals surface area contributed by atoms with Gasteiger partial charge in [0.25, 0.3) is 0 Å². The highest BCUT2D eigenvalue weighted by molar-refractivity contribution is 9.09. The zero-order valence-electron chi connectivity index (χ0n) is 13.5. The summed E-state index contributed by atoms with van der Waals surface area (Å²) in [6.45, 7) is 4.97. The van der Waals surface area contributed by atoms with Gasteiger partial charge in [0.05, 0.1) is 0 Å². The second kappa shape index (κ2) is 6.71. The van der Waals surface area contributed by atoms with Crippen molar-refractivity contribution in [1.29, 1.82) is 0 Å². The molecular weight excluding hydrogens is 308 g/mol. The van der Waals surface area contributed by atoms with E-state index in [1.807, 2.05) is 0 Å². The van der Waals surface area contributed by atoms with Crippen molar-refractivity contribution in [3.05, 3.63) is 0 Å². The Labute approximate surface area is 134 Å². The van der Waals surface area contributed by atoms with Crippen LogP contribution < -0.4 is 0 Å². The first-order chi connectivity index (χ1) is 9.69. The van der Waals surface area contributed by atoms with Crippen LogP contribution in [0.5, 0.6) is 0 Å². The minimum Gasteiger partial charge on any atom is -0.0891 e. The molecule has 0 bridgehead atoms. The molecule has 0 radical (unpaired) electrons. The van der Waals surface area contributed by atoms with Gasteiger partial charge in [-0.1, -0.05) is 61.9 Å². The van der Waals surface area contributed by atoms with E-state index in [1.165, 1.54) is 38.5 Å². The van der Waals surface area contributed by atoms with Crippen molar-refractivity contribution >= 4 is 15.9 Å². The summed E-state index contributed by atoms with van der Waals surface area (Å²) in [5, 5.41) is 0. The smallest absolute Gasteiger partial charge is 0.0148 e. The molecule has 0 N–H and O–H groups in total. The third-order valence-electron chi connectivity index (χ3n) is 7.14. The van der Waals surface area contributed by atoms with Gasteiger partial charge in [-0.2, -0.15) is 0 Å². The van der Waals surface area contributed by atoms with Gasteiger partial charge in [0, 0.05) is 4.83 Å². The van der Waals surface area contributed by atoms with Gasteiger partial charge in [-0.05, 0) is 67.6 Å². The Morgan fingerprint density at radius 3 is 2.30 bits per heavy atom. The molecule has 3 rings (SSSR count). The van der Waals surface area contributed by atoms with Gasteiger partial charge >= 0.3 is 0 Å². The summed E-state index contributed by atoms with van der Waals surface area (Å²) in [4.78, 5) is 0.813. The van der Waals surface area contributed by atoms with E-state index in [0.717, 1.165) is 40.3 Å². The van der Waals surface area contributed by atoms with E-state index in [9.17, 15) is 0 Å². The van der Waals surface area contributed by atoms with Gasteiger partial charge in [-0.15, -0.1) is 0 Å². The molecule has 0 nitrogen and oxygen atoms in total. The lowest BCUT2D eigenvalue weighted by atomic mass is 9.56. The summed E-state index contributed by atoms with van der Waals surface area (Å²) in [5.41, 5.74) is 0. The number of alkyl halides is 1. The SMILES string of the molecule is CC[C@@H]1CCC(C2CCC2)C(C2CC(Br)CCC2C)C1. The number of halogens is 1. The molecule has 3 aliphatic rings. The molecule has 6 atom stereocenters. The van der Waals surface area contributed by atoms with Crippen molar-refractivity contribution in [2.75, 3.05) is 0 Å². The maximum Gasteiger partial charge on any atom is 0.0148 e. The van der Waals surface area contributed by atoms with Crippen LogP contribution in [-0.4, -0.2) is 4.83 Å². The molecular formula is C19H33Br. The maximum absolute atomic E-state index is 3.94. The summed E-state index contributed by atoms with van der Waals surface area (Å²) in [6.07, 6.45) is 15.0. The van der Waals surface area contributed by atoms with Crippen molar-refractivity contribution in [2.45, 2.75) is 82.9 Å². The summed E-state index contributed by atoms with van der Waals surface area (Å²) in [5.74, 6) is 6.31. The molecule has 0 aromatic rings. The molecule has 5 unspecified atom stereocenters. The van der Waals surface area contributed by atoms with Gasteiger partial charge in [0.1, 0.15) is 0 Å². The lowest BCUT2D eigenvalue weighted by Crippen LogP contribution is -2.41. The Morgan fingerprint density at radius 2 is 1.65 bits per heavy atom. The van der Waals surface area contributed by atoms with Crippen LogP contribution >= 0.6 is 15.9 Å². The largest absolute Gasteiger partial charge is 0.0891 e. The predicted octanol–water partition coefficient (Wildman–Crippen LogP) is 6.43. The van der Waals surface area contributed by atoms with Crippen LogP contribution in [0.1, 0.15) is 78.1 Å². The van der Waals surface area contributed by atoms with E-state index < -0.39 is 0 Å². The normalized spacial score (nSPS) is 47.0. The Morgan fingerprint density at radius 1 is 0.850 bits per heavy atom. The summed E-state index contributed by atoms with van der Waals surface area (Å²) < 4.78 is 0. The van der Waals surface area contributed by atoms with Gasteiger partial charge in [-0.3, -0.25) is 0 Å². The zero-order valence-corrected chi connectivity index (χ0v) is 15.1. The topological polar surface area (TPSA) is 0 Å². The highest BCUT2D eigenvalue weighted by atomic mass is 79.9. The fraction of sp³-hybridized carbons (Fsp3) is 1.00. The lowest BCUT2D eigenvalue weighted by Gasteiger charge is -2.49. The highest BCUT2D eigenvalue weighted by Crippen LogP contribution is 2.52. The minimum atomic E-state index is 0.813. The van der Waals surface area contributed by atoms with Crippen molar-refractivity contribution < 1.29 is 0 Å². The summed E-state index contributed by atoms with van der Waals surface area (Å²) in [6, 6.07) is 0. The summed E-state index contributed by atoms with van der Waals surface area (Å²) >= 11 is 3.94. The lowest BCUT2D eigenvalue weighted by molar-refractivity contribution is 0.0123. The molecule has 0 heterocycles. The molecule has 0 spiro atoms. The maximum atomic E-state index is 3.94. The van der Waals surface area contributed by atoms with Crippen LogP contribution in [0.15, 0.2) is 0 Å². The van der Waals surface area contributed by atoms with E-state index in [4.69, 9.17) is 0 Å². The molecule has 20 heavy (non-hydrogen) atoms. The number of hydrogen-bond donors (Lipinski definition) is 0. The van der Waals surface area contributed by atoms with Crippen LogP contribution in [-0.2, 0) is 0 Å². The molecule has 0 aromatic carbocycles. The second-order valence-electron chi connectivity index (χ2n) is 8.16. The first kappa shape index (κ1) is 15.4. The van der Waals surface area contributed by atoms with Crippen molar-refractivity contribution in [1.82, 2.24) is 0 Å². The van der Waals surface area contributed by atoms with Gasteiger partial charge in [0.15, 0.2) is 0 Å². The van der Waals surface area contributed by atoms with E-state index in [2.05, 4.69) is 29.8 Å². The van der Waals surface area contributed by atoms with E-state index in [1.54, 1.807) is 25.7 Å². The molecule has 1 heteroatoms. The third kappa shape index (κ3) is 3.13. The van der Waals surface area contributed by atoms with E-state index >= 15 is 0 Å². The van der Waals surface area contributed by atoms with Gasteiger partial charge in [0.2, 0.25) is 0 Å². The molecule has 3 aliphatic carbocycles. The molecule has 0 aromatic heterocycles. The first-order valence-electron chi connectivity index (χ1n) is 9.33. The zero-order chi connectivity index (χ0) is 14.1. The fourth-order valence-electron chi connectivity index (χ4n) is 5.54. The predicted molar refractivity (Wildman–Crippen MR) is 91.2 cm³/mol. The van der Waals surface area contributed by atoms with Crippen molar-refractivity contribution in [2.24, 2.45) is 35.5 Å². The van der Waals surface area contributed by atoms with Crippen LogP contribution in [0, 0.1) is 35.5 Å². The molecule has 116 valence electrons. The van der Waals surface area contributed by atoms with Crippen LogP contribution in [0.25, 0.3) is 0 Å². The van der Waals surface area contributed by atoms with Gasteiger partial charge in [-0.25, -0.2) is 0 Å². The Bertz CT molecular complexity index is 309. The quantitative estimate of drug-likeness (QED) is 0.519. The number of hydrogen-bond acceptors (Lipinski definition) is 0. The average Bonchev–Trinajstić information content (AvgIpc) is 2.40. The Balaban J connectivity index is 1.73. The van der Waals surface area contributed by atoms with Crippen molar-refractivity contribution in [3.63, 3.8) is 0 Å². The standard InChI is InChI=1S/C19H33Br/c1-3-14-8-10-17(15-5-4-6-15)19(11-14)18-12-16(20)9-7-13(18)2/h13-19H,3-12H2,1-2H3/t13?,14-,16?,17?,18?,19?/m1/s1. The molecule has 0 amide bonds. The second-order valence-corrected chi connectivity index (χ2v) is 9.45. The van der Waals surface area contributed by atoms with Crippen LogP contribution in [0.2, 0.25) is 0 Å². The van der Waals surface area contributed by atoms with E-state index in [-0.39, 0.29) is 0 Å².